The van der Waals surface area contributed by atoms with Gasteiger partial charge in [-0.25, -0.2) is 4.79 Å². The van der Waals surface area contributed by atoms with Crippen LogP contribution in [0.25, 0.3) is 0 Å². The lowest BCUT2D eigenvalue weighted by Gasteiger charge is -2.25. The van der Waals surface area contributed by atoms with E-state index < -0.39 is 5.97 Å². The Balaban J connectivity index is 0.00000261. The molecule has 1 aromatic carbocycles. The smallest absolute Gasteiger partial charge is 0.341 e. The van der Waals surface area contributed by atoms with Gasteiger partial charge in [0.2, 0.25) is 0 Å². The predicted molar refractivity (Wildman–Crippen MR) is 114 cm³/mol. The highest BCUT2D eigenvalue weighted by Crippen LogP contribution is 2.38. The number of methoxy groups -OCH3 is 2. The number of nitrogens with one attached hydrogen (secondary N) is 1. The maximum Gasteiger partial charge on any atom is 0.341 e. The van der Waals surface area contributed by atoms with Crippen molar-refractivity contribution < 1.29 is 19.0 Å². The first-order chi connectivity index (χ1) is 12.6. The zero-order chi connectivity index (χ0) is 18.6. The molecular weight excluding hydrogens is 461 g/mol. The molecule has 2 saturated heterocycles. The van der Waals surface area contributed by atoms with E-state index in [0.29, 0.717) is 17.9 Å². The molecule has 3 rings (SSSR count). The van der Waals surface area contributed by atoms with Crippen LogP contribution in [0.4, 0.5) is 0 Å². The highest BCUT2D eigenvalue weighted by molar-refractivity contribution is 14.0. The third kappa shape index (κ3) is 4.84. The van der Waals surface area contributed by atoms with Crippen molar-refractivity contribution in [3.05, 3.63) is 29.3 Å². The molecule has 2 heterocycles. The maximum atomic E-state index is 11.9. The largest absolute Gasteiger partial charge is 0.496 e. The van der Waals surface area contributed by atoms with Crippen molar-refractivity contribution in [2.75, 3.05) is 47.6 Å². The summed E-state index contributed by atoms with van der Waals surface area (Å²) in [5.41, 5.74) is 1.67. The molecule has 150 valence electrons. The van der Waals surface area contributed by atoms with Crippen molar-refractivity contribution >= 4 is 35.9 Å². The summed E-state index contributed by atoms with van der Waals surface area (Å²) in [5, 5.41) is 3.40. The Bertz CT molecular complexity index is 690. The molecule has 27 heavy (non-hydrogen) atoms. The number of nitrogens with zero attached hydrogens (tertiary/aromatic N) is 2. The van der Waals surface area contributed by atoms with Gasteiger partial charge >= 0.3 is 5.97 Å². The molecular formula is C19H28IN3O4. The number of benzene rings is 1. The molecule has 0 radical (unpaired) electrons. The molecule has 0 saturated carbocycles. The van der Waals surface area contributed by atoms with Crippen LogP contribution in [0.1, 0.15) is 28.8 Å². The fraction of sp³-hybridized carbons (Fsp3) is 0.579. The summed E-state index contributed by atoms with van der Waals surface area (Å²) in [5.74, 6) is 0.979. The van der Waals surface area contributed by atoms with Crippen LogP contribution < -0.4 is 10.1 Å². The summed E-state index contributed by atoms with van der Waals surface area (Å²) in [6, 6.07) is 5.51. The summed E-state index contributed by atoms with van der Waals surface area (Å²) in [7, 11) is 4.70. The minimum atomic E-state index is -0.407. The van der Waals surface area contributed by atoms with E-state index in [4.69, 9.17) is 14.2 Å². The van der Waals surface area contributed by atoms with Crippen LogP contribution in [0.2, 0.25) is 0 Å². The van der Waals surface area contributed by atoms with Gasteiger partial charge in [-0.15, -0.1) is 24.0 Å². The molecule has 1 N–H and O–H groups in total. The average Bonchev–Trinajstić information content (AvgIpc) is 3.31. The van der Waals surface area contributed by atoms with E-state index in [1.54, 1.807) is 19.2 Å². The summed E-state index contributed by atoms with van der Waals surface area (Å²) >= 11 is 0. The van der Waals surface area contributed by atoms with Crippen molar-refractivity contribution in [1.29, 1.82) is 0 Å². The average molecular weight is 489 g/mol. The number of esters is 1. The van der Waals surface area contributed by atoms with Gasteiger partial charge in [0, 0.05) is 38.7 Å². The lowest BCUT2D eigenvalue weighted by atomic mass is 9.87. The normalized spacial score (nSPS) is 21.9. The Labute approximate surface area is 177 Å². The number of carbonyl (C=O) groups is 1. The first kappa shape index (κ1) is 21.7. The van der Waals surface area contributed by atoms with Gasteiger partial charge in [-0.1, -0.05) is 6.07 Å². The molecule has 1 atom stereocenters. The molecule has 8 heteroatoms. The number of carbonyl (C=O) groups excluding carboxylic acids is 1. The van der Waals surface area contributed by atoms with E-state index in [9.17, 15) is 4.79 Å². The monoisotopic (exact) mass is 489 g/mol. The Hall–Kier alpha value is -1.55. The maximum absolute atomic E-state index is 11.9. The third-order valence-corrected chi connectivity index (χ3v) is 5.25. The molecule has 2 aliphatic heterocycles. The number of hydrogen-bond donors (Lipinski definition) is 1. The van der Waals surface area contributed by atoms with Crippen molar-refractivity contribution in [2.24, 2.45) is 10.4 Å². The summed E-state index contributed by atoms with van der Waals surface area (Å²) in [6.07, 6.45) is 2.27. The second kappa shape index (κ2) is 9.59. The molecule has 2 aliphatic rings. The SMILES string of the molecule is CN=C(NCc1ccc(OC)c(C(=O)OC)c1)N1CCC2(CCOC2)C1.I. The molecule has 1 unspecified atom stereocenters. The van der Waals surface area contributed by atoms with Gasteiger partial charge in [-0.3, -0.25) is 4.99 Å². The zero-order valence-corrected chi connectivity index (χ0v) is 18.4. The fourth-order valence-corrected chi connectivity index (χ4v) is 3.74. The van der Waals surface area contributed by atoms with Crippen LogP contribution in [0.3, 0.4) is 0 Å². The number of aliphatic imine (C=N–C) groups is 1. The molecule has 1 aromatic rings. The number of halogens is 1. The summed E-state index contributed by atoms with van der Waals surface area (Å²) in [6.45, 7) is 4.24. The second-order valence-electron chi connectivity index (χ2n) is 6.90. The van der Waals surface area contributed by atoms with Crippen LogP contribution in [-0.4, -0.2) is 64.4 Å². The Morgan fingerprint density at radius 1 is 1.37 bits per heavy atom. The number of ether oxygens (including phenoxy) is 3. The molecule has 0 bridgehead atoms. The fourth-order valence-electron chi connectivity index (χ4n) is 3.74. The first-order valence-corrected chi connectivity index (χ1v) is 8.89. The van der Waals surface area contributed by atoms with Gasteiger partial charge in [0.1, 0.15) is 11.3 Å². The van der Waals surface area contributed by atoms with Gasteiger partial charge in [-0.05, 0) is 30.5 Å². The van der Waals surface area contributed by atoms with E-state index in [0.717, 1.165) is 50.7 Å². The van der Waals surface area contributed by atoms with Gasteiger partial charge in [0.25, 0.3) is 0 Å². The molecule has 2 fully saturated rings. The van der Waals surface area contributed by atoms with Crippen LogP contribution in [0.5, 0.6) is 5.75 Å². The van der Waals surface area contributed by atoms with Crippen molar-refractivity contribution in [3.63, 3.8) is 0 Å². The van der Waals surface area contributed by atoms with Crippen molar-refractivity contribution in [3.8, 4) is 5.75 Å². The van der Waals surface area contributed by atoms with E-state index in [1.165, 1.54) is 14.2 Å². The van der Waals surface area contributed by atoms with Crippen LogP contribution >= 0.6 is 24.0 Å². The molecule has 1 spiro atoms. The summed E-state index contributed by atoms with van der Waals surface area (Å²) < 4.78 is 15.7. The number of hydrogen-bond acceptors (Lipinski definition) is 5. The van der Waals surface area contributed by atoms with E-state index in [1.807, 2.05) is 6.07 Å². The van der Waals surface area contributed by atoms with Crippen molar-refractivity contribution in [1.82, 2.24) is 10.2 Å². The van der Waals surface area contributed by atoms with Gasteiger partial charge in [-0.2, -0.15) is 0 Å². The van der Waals surface area contributed by atoms with E-state index in [2.05, 4.69) is 15.2 Å². The van der Waals surface area contributed by atoms with E-state index >= 15 is 0 Å². The Kier molecular flexibility index (Phi) is 7.72. The molecule has 0 aromatic heterocycles. The minimum absolute atomic E-state index is 0. The highest BCUT2D eigenvalue weighted by Gasteiger charge is 2.42. The predicted octanol–water partition coefficient (Wildman–Crippen LogP) is 2.29. The molecule has 0 aliphatic carbocycles. The lowest BCUT2D eigenvalue weighted by Crippen LogP contribution is -2.41. The number of likely N-dealkylation sites (tertiary alicyclic amines) is 1. The lowest BCUT2D eigenvalue weighted by molar-refractivity contribution is 0.0597. The van der Waals surface area contributed by atoms with Gasteiger partial charge in [0.15, 0.2) is 5.96 Å². The van der Waals surface area contributed by atoms with Crippen LogP contribution in [0, 0.1) is 5.41 Å². The van der Waals surface area contributed by atoms with Gasteiger partial charge < -0.3 is 24.4 Å². The zero-order valence-electron chi connectivity index (χ0n) is 16.1. The topological polar surface area (TPSA) is 72.4 Å². The Morgan fingerprint density at radius 2 is 2.19 bits per heavy atom. The quantitative estimate of drug-likeness (QED) is 0.303. The highest BCUT2D eigenvalue weighted by atomic mass is 127. The number of guanidine groups is 1. The van der Waals surface area contributed by atoms with E-state index in [-0.39, 0.29) is 29.4 Å². The van der Waals surface area contributed by atoms with Crippen LogP contribution in [-0.2, 0) is 16.0 Å². The molecule has 0 amide bonds. The van der Waals surface area contributed by atoms with Crippen LogP contribution in [0.15, 0.2) is 23.2 Å². The minimum Gasteiger partial charge on any atom is -0.496 e. The summed E-state index contributed by atoms with van der Waals surface area (Å²) in [4.78, 5) is 18.6. The van der Waals surface area contributed by atoms with Gasteiger partial charge in [0.05, 0.1) is 20.8 Å². The Morgan fingerprint density at radius 3 is 2.81 bits per heavy atom. The molecule has 7 nitrogen and oxygen atoms in total. The second-order valence-corrected chi connectivity index (χ2v) is 6.90. The first-order valence-electron chi connectivity index (χ1n) is 8.89. The standard InChI is InChI=1S/C19H27N3O4.HI/c1-20-18(22-8-6-19(12-22)7-9-26-13-19)21-11-14-4-5-16(24-2)15(10-14)17(23)25-3;/h4-5,10H,6-9,11-13H2,1-3H3,(H,20,21);1H. The third-order valence-electron chi connectivity index (χ3n) is 5.25. The number of rotatable bonds is 4. The van der Waals surface area contributed by atoms with Crippen molar-refractivity contribution in [2.45, 2.75) is 19.4 Å².